The van der Waals surface area contributed by atoms with Crippen LogP contribution in [0, 0.1) is 5.92 Å². The molecule has 2 atom stereocenters. The van der Waals surface area contributed by atoms with Gasteiger partial charge in [0.1, 0.15) is 0 Å². The molecule has 0 aromatic heterocycles. The number of fused-ring (bicyclic) bond motifs is 1. The number of benzene rings is 1. The van der Waals surface area contributed by atoms with E-state index in [0.717, 1.165) is 11.3 Å². The fourth-order valence-electron chi connectivity index (χ4n) is 3.20. The lowest BCUT2D eigenvalue weighted by Crippen LogP contribution is -2.21. The van der Waals surface area contributed by atoms with Crippen LogP contribution in [-0.4, -0.2) is 31.0 Å². The molecule has 7 heteroatoms. The molecule has 1 fully saturated rings. The number of hydrazone groups is 1. The maximum Gasteiger partial charge on any atom is 0.275 e. The van der Waals surface area contributed by atoms with Gasteiger partial charge in [0, 0.05) is 17.4 Å². The highest BCUT2D eigenvalue weighted by Gasteiger charge is 2.52. The number of allylic oxidation sites excluding steroid dienone is 1. The van der Waals surface area contributed by atoms with E-state index in [9.17, 15) is 13.2 Å². The molecule has 1 aromatic carbocycles. The zero-order valence-corrected chi connectivity index (χ0v) is 13.9. The zero-order chi connectivity index (χ0) is 16.9. The number of amides is 1. The van der Waals surface area contributed by atoms with Gasteiger partial charge in [-0.1, -0.05) is 31.2 Å². The third kappa shape index (κ3) is 2.36. The van der Waals surface area contributed by atoms with E-state index in [4.69, 9.17) is 0 Å². The number of hydrogen-bond acceptors (Lipinski definition) is 5. The Morgan fingerprint density at radius 2 is 2.04 bits per heavy atom. The highest BCUT2D eigenvalue weighted by atomic mass is 32.2. The van der Waals surface area contributed by atoms with Gasteiger partial charge in [-0.3, -0.25) is 4.79 Å². The Balaban J connectivity index is 1.68. The van der Waals surface area contributed by atoms with Crippen molar-refractivity contribution in [2.45, 2.75) is 18.6 Å². The fraction of sp³-hybridized carbons (Fsp3) is 0.294. The minimum absolute atomic E-state index is 0.111. The minimum Gasteiger partial charge on any atom is -0.354 e. The second-order valence-electron chi connectivity index (χ2n) is 6.10. The van der Waals surface area contributed by atoms with Crippen LogP contribution in [0.1, 0.15) is 18.9 Å². The lowest BCUT2D eigenvalue weighted by atomic mass is 10.0. The number of carbonyl (C=O) groups excluding carboxylic acids is 1. The smallest absolute Gasteiger partial charge is 0.275 e. The summed E-state index contributed by atoms with van der Waals surface area (Å²) in [6.45, 7) is 1.65. The Hall–Kier alpha value is -2.41. The SMILES string of the molecule is CCS(=O)(=O)C1CC1C1=NNC(=O)C1=C1C=Cc2ccccc2N1. The first-order chi connectivity index (χ1) is 11.5. The van der Waals surface area contributed by atoms with Gasteiger partial charge in [-0.15, -0.1) is 0 Å². The molecule has 1 aromatic rings. The fourth-order valence-corrected chi connectivity index (χ4v) is 4.76. The first-order valence-corrected chi connectivity index (χ1v) is 9.61. The molecular formula is C17H17N3O3S. The van der Waals surface area contributed by atoms with E-state index in [1.54, 1.807) is 6.92 Å². The molecule has 1 amide bonds. The summed E-state index contributed by atoms with van der Waals surface area (Å²) in [5.74, 6) is -0.389. The number of anilines is 1. The molecule has 24 heavy (non-hydrogen) atoms. The van der Waals surface area contributed by atoms with Gasteiger partial charge < -0.3 is 5.32 Å². The molecule has 2 heterocycles. The van der Waals surface area contributed by atoms with Crippen LogP contribution in [0.3, 0.4) is 0 Å². The molecule has 3 aliphatic rings. The maximum absolute atomic E-state index is 12.2. The topological polar surface area (TPSA) is 87.6 Å². The Morgan fingerprint density at radius 3 is 2.83 bits per heavy atom. The van der Waals surface area contributed by atoms with Crippen LogP contribution in [0.25, 0.3) is 6.08 Å². The Kier molecular flexibility index (Phi) is 3.35. The molecule has 0 bridgehead atoms. The van der Waals surface area contributed by atoms with Crippen LogP contribution in [0.15, 0.2) is 46.7 Å². The molecule has 0 spiro atoms. The van der Waals surface area contributed by atoms with Gasteiger partial charge in [-0.2, -0.15) is 5.10 Å². The Labute approximate surface area is 140 Å². The number of rotatable bonds is 3. The van der Waals surface area contributed by atoms with Crippen LogP contribution in [0.5, 0.6) is 0 Å². The van der Waals surface area contributed by atoms with Crippen molar-refractivity contribution >= 4 is 33.2 Å². The molecule has 4 rings (SSSR count). The van der Waals surface area contributed by atoms with E-state index in [-0.39, 0.29) is 17.6 Å². The predicted octanol–water partition coefficient (Wildman–Crippen LogP) is 1.69. The van der Waals surface area contributed by atoms with Crippen molar-refractivity contribution in [2.24, 2.45) is 11.0 Å². The largest absolute Gasteiger partial charge is 0.354 e. The normalized spacial score (nSPS) is 28.0. The summed E-state index contributed by atoms with van der Waals surface area (Å²) in [7, 11) is -3.11. The van der Waals surface area contributed by atoms with E-state index >= 15 is 0 Å². The lowest BCUT2D eigenvalue weighted by Gasteiger charge is -2.17. The average molecular weight is 343 g/mol. The number of nitrogens with zero attached hydrogens (tertiary/aromatic N) is 1. The van der Waals surface area contributed by atoms with Crippen LogP contribution in [0.2, 0.25) is 0 Å². The molecule has 1 saturated carbocycles. The summed E-state index contributed by atoms with van der Waals surface area (Å²) in [6, 6.07) is 7.78. The lowest BCUT2D eigenvalue weighted by molar-refractivity contribution is -0.116. The van der Waals surface area contributed by atoms with Gasteiger partial charge in [0.2, 0.25) is 0 Å². The van der Waals surface area contributed by atoms with Crippen LogP contribution in [0.4, 0.5) is 5.69 Å². The molecule has 2 unspecified atom stereocenters. The second-order valence-corrected chi connectivity index (χ2v) is 8.61. The van der Waals surface area contributed by atoms with Crippen LogP contribution < -0.4 is 10.7 Å². The summed E-state index contributed by atoms with van der Waals surface area (Å²) < 4.78 is 24.1. The second kappa shape index (κ2) is 5.31. The van der Waals surface area contributed by atoms with Gasteiger partial charge >= 0.3 is 0 Å². The Bertz CT molecular complexity index is 928. The number of sulfone groups is 1. The van der Waals surface area contributed by atoms with E-state index in [2.05, 4.69) is 15.8 Å². The third-order valence-corrected chi connectivity index (χ3v) is 6.89. The monoisotopic (exact) mass is 343 g/mol. The predicted molar refractivity (Wildman–Crippen MR) is 93.1 cm³/mol. The van der Waals surface area contributed by atoms with Gasteiger partial charge in [-0.25, -0.2) is 13.8 Å². The van der Waals surface area contributed by atoms with Crippen molar-refractivity contribution in [1.29, 1.82) is 0 Å². The van der Waals surface area contributed by atoms with Crippen molar-refractivity contribution < 1.29 is 13.2 Å². The standard InChI is InChI=1S/C17H17N3O3S/c1-2-24(22,23)14-9-11(14)16-15(17(21)20-19-16)13-8-7-10-5-3-4-6-12(10)18-13/h3-8,11,14,18H,2,9H2,1H3,(H,20,21). The Morgan fingerprint density at radius 1 is 1.25 bits per heavy atom. The maximum atomic E-state index is 12.2. The first kappa shape index (κ1) is 15.1. The summed E-state index contributed by atoms with van der Waals surface area (Å²) in [4.78, 5) is 12.2. The highest BCUT2D eigenvalue weighted by Crippen LogP contribution is 2.42. The minimum atomic E-state index is -3.11. The summed E-state index contributed by atoms with van der Waals surface area (Å²) in [5, 5.41) is 6.94. The van der Waals surface area contributed by atoms with Gasteiger partial charge in [0.05, 0.1) is 22.2 Å². The van der Waals surface area contributed by atoms with Crippen LogP contribution >= 0.6 is 0 Å². The quantitative estimate of drug-likeness (QED) is 0.818. The first-order valence-electron chi connectivity index (χ1n) is 7.89. The number of nitrogens with one attached hydrogen (secondary N) is 2. The molecule has 2 aliphatic heterocycles. The molecule has 6 nitrogen and oxygen atoms in total. The van der Waals surface area contributed by atoms with Gasteiger partial charge in [0.25, 0.3) is 5.91 Å². The van der Waals surface area contributed by atoms with E-state index in [1.165, 1.54) is 0 Å². The summed E-state index contributed by atoms with van der Waals surface area (Å²) in [6.07, 6.45) is 4.30. The van der Waals surface area contributed by atoms with E-state index in [1.807, 2.05) is 36.4 Å². The van der Waals surface area contributed by atoms with E-state index < -0.39 is 15.1 Å². The number of carbonyl (C=O) groups is 1. The average Bonchev–Trinajstić information content (AvgIpc) is 3.31. The highest BCUT2D eigenvalue weighted by molar-refractivity contribution is 7.92. The number of para-hydroxylation sites is 1. The molecular weight excluding hydrogens is 326 g/mol. The van der Waals surface area contributed by atoms with Gasteiger partial charge in [-0.05, 0) is 24.1 Å². The molecule has 0 radical (unpaired) electrons. The molecule has 1 aliphatic carbocycles. The zero-order valence-electron chi connectivity index (χ0n) is 13.1. The van der Waals surface area contributed by atoms with Crippen molar-refractivity contribution in [2.75, 3.05) is 11.1 Å². The summed E-state index contributed by atoms with van der Waals surface area (Å²) in [5.41, 5.74) is 6.07. The van der Waals surface area contributed by atoms with Crippen molar-refractivity contribution in [3.8, 4) is 0 Å². The molecule has 124 valence electrons. The van der Waals surface area contributed by atoms with Crippen molar-refractivity contribution in [3.63, 3.8) is 0 Å². The third-order valence-electron chi connectivity index (χ3n) is 4.64. The van der Waals surface area contributed by atoms with Gasteiger partial charge in [0.15, 0.2) is 9.84 Å². The van der Waals surface area contributed by atoms with Crippen molar-refractivity contribution in [3.05, 3.63) is 47.2 Å². The number of hydrogen-bond donors (Lipinski definition) is 2. The van der Waals surface area contributed by atoms with Crippen molar-refractivity contribution in [1.82, 2.24) is 5.43 Å². The van der Waals surface area contributed by atoms with Crippen LogP contribution in [-0.2, 0) is 14.6 Å². The molecule has 0 saturated heterocycles. The molecule has 2 N–H and O–H groups in total. The van der Waals surface area contributed by atoms with E-state index in [0.29, 0.717) is 23.4 Å². The summed E-state index contributed by atoms with van der Waals surface area (Å²) >= 11 is 0.